The molecule has 2 aromatic carbocycles. The van der Waals surface area contributed by atoms with Gasteiger partial charge in [0.1, 0.15) is 5.69 Å². The van der Waals surface area contributed by atoms with Gasteiger partial charge in [0, 0.05) is 5.56 Å². The van der Waals surface area contributed by atoms with Gasteiger partial charge >= 0.3 is 0 Å². The van der Waals surface area contributed by atoms with Gasteiger partial charge in [0.25, 0.3) is 10.3 Å². The van der Waals surface area contributed by atoms with Crippen LogP contribution in [0.15, 0.2) is 36.7 Å². The number of aromatic nitrogens is 2. The second kappa shape index (κ2) is 11.0. The van der Waals surface area contributed by atoms with E-state index in [0.717, 1.165) is 12.1 Å². The summed E-state index contributed by atoms with van der Waals surface area (Å²) in [5.41, 5.74) is 3.75. The number of halogens is 2. The second-order valence-corrected chi connectivity index (χ2v) is 8.80. The van der Waals surface area contributed by atoms with E-state index < -0.39 is 0 Å². The molecule has 3 rings (SSSR count). The van der Waals surface area contributed by atoms with Crippen LogP contribution in [0, 0.1) is 6.92 Å². The first-order valence-corrected chi connectivity index (χ1v) is 11.8. The van der Waals surface area contributed by atoms with E-state index in [-0.39, 0.29) is 0 Å². The largest absolute Gasteiger partial charge is 0.260 e. The van der Waals surface area contributed by atoms with Crippen molar-refractivity contribution in [3.8, 4) is 5.69 Å². The number of nitrogens with zero attached hydrogens (tertiary/aromatic N) is 1. The Kier molecular flexibility index (Phi) is 8.44. The van der Waals surface area contributed by atoms with Crippen molar-refractivity contribution in [2.75, 3.05) is 0 Å². The van der Waals surface area contributed by atoms with Crippen molar-refractivity contribution in [2.24, 2.45) is 0 Å². The second-order valence-electron chi connectivity index (χ2n) is 8.07. The minimum Gasteiger partial charge on any atom is -0.232 e. The molecule has 0 bridgehead atoms. The van der Waals surface area contributed by atoms with Crippen molar-refractivity contribution in [1.82, 2.24) is 4.98 Å². The molecule has 0 spiro atoms. The molecule has 0 saturated heterocycles. The molecule has 0 unspecified atom stereocenters. The summed E-state index contributed by atoms with van der Waals surface area (Å²) in [4.78, 5) is 3.04. The van der Waals surface area contributed by atoms with E-state index in [9.17, 15) is 0 Å². The molecule has 1 aromatic heterocycles. The minimum absolute atomic E-state index is 0.480. The molecular weight excluding hydrogens is 399 g/mol. The summed E-state index contributed by atoms with van der Waals surface area (Å²) >= 11 is 12.7. The molecule has 156 valence electrons. The van der Waals surface area contributed by atoms with Crippen molar-refractivity contribution >= 4 is 34.0 Å². The summed E-state index contributed by atoms with van der Waals surface area (Å²) in [5.74, 6) is 0. The maximum absolute atomic E-state index is 6.49. The Hall–Kier alpha value is -1.51. The van der Waals surface area contributed by atoms with Gasteiger partial charge in [-0.2, -0.15) is 4.57 Å². The average Bonchev–Trinajstić information content (AvgIpc) is 3.05. The molecule has 0 saturated carbocycles. The molecule has 0 amide bonds. The Bertz CT molecular complexity index is 930. The third-order valence-electron chi connectivity index (χ3n) is 5.80. The van der Waals surface area contributed by atoms with Gasteiger partial charge in [-0.15, -0.1) is 0 Å². The van der Waals surface area contributed by atoms with Gasteiger partial charge < -0.3 is 0 Å². The molecule has 29 heavy (non-hydrogen) atoms. The SMILES string of the molecule is CCCCCCCCCCCc1c(-[n+]2c[nH]c(Cl)c2Cl)c(C)cc2ccccc12. The fraction of sp³-hybridized carbons (Fsp3) is 0.480. The van der Waals surface area contributed by atoms with Crippen LogP contribution < -0.4 is 4.57 Å². The Morgan fingerprint density at radius 1 is 0.897 bits per heavy atom. The molecule has 1 N–H and O–H groups in total. The number of fused-ring (bicyclic) bond motifs is 1. The summed E-state index contributed by atoms with van der Waals surface area (Å²) in [5, 5.41) is 3.62. The van der Waals surface area contributed by atoms with Crippen LogP contribution >= 0.6 is 23.2 Å². The number of benzene rings is 2. The van der Waals surface area contributed by atoms with Gasteiger partial charge in [0.15, 0.2) is 0 Å². The highest BCUT2D eigenvalue weighted by Gasteiger charge is 2.22. The lowest BCUT2D eigenvalue weighted by Gasteiger charge is -2.14. The van der Waals surface area contributed by atoms with E-state index in [1.54, 1.807) is 0 Å². The predicted octanol–water partition coefficient (Wildman–Crippen LogP) is 8.13. The highest BCUT2D eigenvalue weighted by Crippen LogP contribution is 2.29. The lowest BCUT2D eigenvalue weighted by atomic mass is 9.94. The molecule has 0 aliphatic carbocycles. The molecule has 1 heterocycles. The predicted molar refractivity (Wildman–Crippen MR) is 126 cm³/mol. The van der Waals surface area contributed by atoms with Crippen LogP contribution in [0.5, 0.6) is 0 Å². The number of rotatable bonds is 11. The zero-order valence-electron chi connectivity index (χ0n) is 17.7. The van der Waals surface area contributed by atoms with E-state index in [4.69, 9.17) is 23.2 Å². The van der Waals surface area contributed by atoms with Gasteiger partial charge in [0.05, 0.1) is 0 Å². The van der Waals surface area contributed by atoms with E-state index >= 15 is 0 Å². The Labute approximate surface area is 185 Å². The third-order valence-corrected chi connectivity index (χ3v) is 6.56. The normalized spacial score (nSPS) is 11.4. The first-order chi connectivity index (χ1) is 14.1. The van der Waals surface area contributed by atoms with Crippen LogP contribution in [0.4, 0.5) is 0 Å². The van der Waals surface area contributed by atoms with E-state index in [1.807, 2.05) is 10.9 Å². The zero-order chi connectivity index (χ0) is 20.6. The van der Waals surface area contributed by atoms with Gasteiger partial charge in [-0.1, -0.05) is 82.6 Å². The number of imidazole rings is 1. The number of H-pyrrole nitrogens is 1. The van der Waals surface area contributed by atoms with E-state index in [1.165, 1.54) is 79.7 Å². The molecular formula is C25H33Cl2N2+. The fourth-order valence-electron chi connectivity index (χ4n) is 4.27. The Balaban J connectivity index is 1.74. The van der Waals surface area contributed by atoms with Gasteiger partial charge in [-0.25, -0.2) is 4.98 Å². The minimum atomic E-state index is 0.480. The summed E-state index contributed by atoms with van der Waals surface area (Å²) in [7, 11) is 0. The van der Waals surface area contributed by atoms with Crippen LogP contribution in [0.25, 0.3) is 16.5 Å². The topological polar surface area (TPSA) is 19.7 Å². The number of unbranched alkanes of at least 4 members (excludes halogenated alkanes) is 8. The van der Waals surface area contributed by atoms with Crippen molar-refractivity contribution < 1.29 is 4.57 Å². The first kappa shape index (κ1) is 22.2. The molecule has 2 nitrogen and oxygen atoms in total. The lowest BCUT2D eigenvalue weighted by molar-refractivity contribution is -0.592. The summed E-state index contributed by atoms with van der Waals surface area (Å²) in [6.07, 6.45) is 15.0. The monoisotopic (exact) mass is 431 g/mol. The molecule has 4 heteroatoms. The smallest absolute Gasteiger partial charge is 0.232 e. The number of nitrogens with one attached hydrogen (secondary N) is 1. The Morgan fingerprint density at radius 2 is 1.55 bits per heavy atom. The number of hydrogen-bond acceptors (Lipinski definition) is 0. The summed E-state index contributed by atoms with van der Waals surface area (Å²) in [6.45, 7) is 4.43. The molecule has 0 aliphatic rings. The van der Waals surface area contributed by atoms with Crippen molar-refractivity contribution in [2.45, 2.75) is 78.1 Å². The van der Waals surface area contributed by atoms with E-state index in [2.05, 4.69) is 49.2 Å². The standard InChI is InChI=1S/C25H32Cl2N2/c1-3-4-5-6-7-8-9-10-11-16-22-21-15-13-12-14-20(21)17-19(2)23(22)29-18-28-24(26)25(29)27/h12-15,17-18H,3-11,16H2,1-2H3/p+1. The molecule has 0 aliphatic heterocycles. The highest BCUT2D eigenvalue weighted by atomic mass is 35.5. The van der Waals surface area contributed by atoms with Crippen LogP contribution in [0.1, 0.15) is 75.8 Å². The quantitative estimate of drug-likeness (QED) is 0.233. The zero-order valence-corrected chi connectivity index (χ0v) is 19.3. The highest BCUT2D eigenvalue weighted by molar-refractivity contribution is 6.39. The third kappa shape index (κ3) is 5.55. The van der Waals surface area contributed by atoms with Gasteiger partial charge in [-0.3, -0.25) is 0 Å². The maximum atomic E-state index is 6.49. The Morgan fingerprint density at radius 3 is 2.21 bits per heavy atom. The number of aromatic amines is 1. The van der Waals surface area contributed by atoms with Crippen LogP contribution in [-0.4, -0.2) is 4.98 Å². The molecule has 0 radical (unpaired) electrons. The van der Waals surface area contributed by atoms with Crippen molar-refractivity contribution in [1.29, 1.82) is 0 Å². The van der Waals surface area contributed by atoms with Crippen LogP contribution in [0.2, 0.25) is 10.3 Å². The molecule has 0 fully saturated rings. The number of aryl methyl sites for hydroxylation is 2. The average molecular weight is 432 g/mol. The van der Waals surface area contributed by atoms with Gasteiger partial charge in [-0.05, 0) is 65.4 Å². The molecule has 0 atom stereocenters. The fourth-order valence-corrected chi connectivity index (χ4v) is 4.60. The lowest BCUT2D eigenvalue weighted by Crippen LogP contribution is -2.32. The van der Waals surface area contributed by atoms with Gasteiger partial charge in [0.2, 0.25) is 6.33 Å². The first-order valence-electron chi connectivity index (χ1n) is 11.1. The van der Waals surface area contributed by atoms with Crippen LogP contribution in [-0.2, 0) is 6.42 Å². The number of hydrogen-bond donors (Lipinski definition) is 1. The maximum Gasteiger partial charge on any atom is 0.260 e. The van der Waals surface area contributed by atoms with E-state index in [0.29, 0.717) is 10.3 Å². The van der Waals surface area contributed by atoms with Crippen LogP contribution in [0.3, 0.4) is 0 Å². The van der Waals surface area contributed by atoms with Crippen molar-refractivity contribution in [3.63, 3.8) is 0 Å². The summed E-state index contributed by atoms with van der Waals surface area (Å²) < 4.78 is 1.99. The molecule has 3 aromatic rings. The van der Waals surface area contributed by atoms with Crippen molar-refractivity contribution in [3.05, 3.63) is 58.1 Å². The summed E-state index contributed by atoms with van der Waals surface area (Å²) in [6, 6.07) is 10.9.